The number of rotatable bonds is 4. The lowest BCUT2D eigenvalue weighted by atomic mass is 10.0. The molecule has 1 unspecified atom stereocenters. The molecule has 11 nitrogen and oxygen atoms in total. The van der Waals surface area contributed by atoms with Gasteiger partial charge >= 0.3 is 13.7 Å². The van der Waals surface area contributed by atoms with Gasteiger partial charge in [0.1, 0.15) is 18.3 Å². The maximum Gasteiger partial charge on any atom is 0.409 e. The molecular weight excluding hydrogens is 347 g/mol. The maximum absolute atomic E-state index is 11.4. The first-order valence-corrected chi connectivity index (χ1v) is 8.40. The Balaban J connectivity index is 2.25. The largest absolute Gasteiger partial charge is 0.465 e. The number of amides is 1. The van der Waals surface area contributed by atoms with E-state index < -0.39 is 44.1 Å². The average Bonchev–Trinajstić information content (AvgIpc) is 2.48. The minimum atomic E-state index is -4.93. The molecule has 12 heteroatoms. The number of anilines is 2. The van der Waals surface area contributed by atoms with Gasteiger partial charge in [-0.05, 0) is 12.1 Å². The van der Waals surface area contributed by atoms with Crippen molar-refractivity contribution in [1.29, 1.82) is 0 Å². The number of para-hydroxylation sites is 2. The highest BCUT2D eigenvalue weighted by molar-refractivity contribution is 7.52. The zero-order chi connectivity index (χ0) is 18.1. The first-order chi connectivity index (χ1) is 11.1. The van der Waals surface area contributed by atoms with Crippen molar-refractivity contribution in [3.8, 4) is 0 Å². The quantitative estimate of drug-likeness (QED) is 0.312. The smallest absolute Gasteiger partial charge is 0.409 e. The zero-order valence-corrected chi connectivity index (χ0v) is 12.9. The van der Waals surface area contributed by atoms with E-state index in [-0.39, 0.29) is 11.4 Å². The number of nitrogens with one attached hydrogen (secondary N) is 2. The highest BCUT2D eigenvalue weighted by atomic mass is 31.2. The van der Waals surface area contributed by atoms with Gasteiger partial charge in [-0.1, -0.05) is 12.1 Å². The van der Waals surface area contributed by atoms with Crippen molar-refractivity contribution in [1.82, 2.24) is 0 Å². The van der Waals surface area contributed by atoms with Crippen LogP contribution in [0, 0.1) is 0 Å². The van der Waals surface area contributed by atoms with Gasteiger partial charge in [0.2, 0.25) is 0 Å². The Hall–Kier alpha value is -1.72. The summed E-state index contributed by atoms with van der Waals surface area (Å²) in [6.45, 7) is 0. The van der Waals surface area contributed by atoms with E-state index >= 15 is 0 Å². The zero-order valence-electron chi connectivity index (χ0n) is 12.1. The Labute approximate surface area is 135 Å². The topological polar surface area (TPSA) is 189 Å². The second-order valence-corrected chi connectivity index (χ2v) is 6.82. The van der Waals surface area contributed by atoms with Crippen molar-refractivity contribution >= 4 is 25.1 Å². The van der Waals surface area contributed by atoms with Crippen molar-refractivity contribution in [3.05, 3.63) is 24.3 Å². The van der Waals surface area contributed by atoms with Gasteiger partial charge in [0.05, 0.1) is 11.4 Å². The van der Waals surface area contributed by atoms with Crippen LogP contribution in [0.25, 0.3) is 0 Å². The minimum Gasteiger partial charge on any atom is -0.465 e. The van der Waals surface area contributed by atoms with Gasteiger partial charge in [0, 0.05) is 0 Å². The van der Waals surface area contributed by atoms with E-state index in [1.165, 1.54) is 24.3 Å². The van der Waals surface area contributed by atoms with Gasteiger partial charge in [0.25, 0.3) is 0 Å². The van der Waals surface area contributed by atoms with E-state index in [0.29, 0.717) is 0 Å². The predicted octanol–water partition coefficient (Wildman–Crippen LogP) is -0.869. The van der Waals surface area contributed by atoms with Gasteiger partial charge in [-0.3, -0.25) is 9.88 Å². The molecule has 1 aromatic rings. The SMILES string of the molecule is O=C(O)Nc1ccccc1NC1O[C@H](P(=O)(O)O)[C@@H](O)[C@H](O)[C@H]1O. The van der Waals surface area contributed by atoms with Gasteiger partial charge in [-0.25, -0.2) is 4.79 Å². The normalized spacial score (nSPS) is 30.6. The lowest BCUT2D eigenvalue weighted by Crippen LogP contribution is -2.59. The van der Waals surface area contributed by atoms with Crippen LogP contribution < -0.4 is 10.6 Å². The molecule has 0 bridgehead atoms. The summed E-state index contributed by atoms with van der Waals surface area (Å²) < 4.78 is 16.4. The number of aliphatic hydroxyl groups excluding tert-OH is 3. The molecule has 0 spiro atoms. The van der Waals surface area contributed by atoms with E-state index in [1.807, 2.05) is 0 Å². The first-order valence-electron chi connectivity index (χ1n) is 6.71. The number of hydrogen-bond donors (Lipinski definition) is 8. The number of carbonyl (C=O) groups is 1. The van der Waals surface area contributed by atoms with Crippen LogP contribution in [0.3, 0.4) is 0 Å². The highest BCUT2D eigenvalue weighted by Crippen LogP contribution is 2.47. The molecule has 2 rings (SSSR count). The number of carboxylic acid groups (broad SMARTS) is 1. The number of hydrogen-bond acceptors (Lipinski definition) is 7. The fourth-order valence-electron chi connectivity index (χ4n) is 2.25. The van der Waals surface area contributed by atoms with E-state index in [2.05, 4.69) is 10.6 Å². The Morgan fingerprint density at radius 3 is 2.17 bits per heavy atom. The second-order valence-electron chi connectivity index (χ2n) is 5.13. The fourth-order valence-corrected chi connectivity index (χ4v) is 3.11. The van der Waals surface area contributed by atoms with Gasteiger partial charge in [0.15, 0.2) is 12.1 Å². The van der Waals surface area contributed by atoms with Gasteiger partial charge in [-0.15, -0.1) is 0 Å². The Bertz CT molecular complexity index is 651. The minimum absolute atomic E-state index is 0.0918. The summed E-state index contributed by atoms with van der Waals surface area (Å²) >= 11 is 0. The summed E-state index contributed by atoms with van der Waals surface area (Å²) in [6, 6.07) is 5.89. The maximum atomic E-state index is 11.4. The average molecular weight is 364 g/mol. The van der Waals surface area contributed by atoms with Crippen LogP contribution in [0.15, 0.2) is 24.3 Å². The first kappa shape index (κ1) is 18.6. The predicted molar refractivity (Wildman–Crippen MR) is 80.4 cm³/mol. The molecule has 0 aliphatic carbocycles. The molecule has 1 aromatic carbocycles. The number of ether oxygens (including phenoxy) is 1. The van der Waals surface area contributed by atoms with E-state index in [1.54, 1.807) is 0 Å². The van der Waals surface area contributed by atoms with E-state index in [0.717, 1.165) is 0 Å². The summed E-state index contributed by atoms with van der Waals surface area (Å²) in [7, 11) is -4.93. The third-order valence-corrected chi connectivity index (χ3v) is 4.48. The third-order valence-electron chi connectivity index (χ3n) is 3.39. The summed E-state index contributed by atoms with van der Waals surface area (Å²) in [5, 5.41) is 42.8. The molecular formula is C12H17N2O9P. The molecule has 5 atom stereocenters. The molecule has 134 valence electrons. The molecule has 0 aromatic heterocycles. The summed E-state index contributed by atoms with van der Waals surface area (Å²) in [5.41, 5.74) is 0.228. The molecule has 0 radical (unpaired) electrons. The number of benzene rings is 1. The molecule has 1 heterocycles. The standard InChI is InChI=1S/C12H17N2O9P/c15-7-8(16)10(23-11(9(7)17)24(20,21)22)13-5-3-1-2-4-6(5)14-12(18)19/h1-4,7-11,13-17H,(H,18,19)(H2,20,21,22)/t7-,8-,9+,10?,11-/m1/s1. The molecule has 1 aliphatic rings. The molecule has 0 saturated carbocycles. The lowest BCUT2D eigenvalue weighted by Gasteiger charge is -2.41. The van der Waals surface area contributed by atoms with Crippen LogP contribution in [0.1, 0.15) is 0 Å². The van der Waals surface area contributed by atoms with Crippen LogP contribution in [0.4, 0.5) is 16.2 Å². The van der Waals surface area contributed by atoms with Crippen molar-refractivity contribution in [2.24, 2.45) is 0 Å². The van der Waals surface area contributed by atoms with Crippen molar-refractivity contribution < 1.29 is 44.3 Å². The molecule has 8 N–H and O–H groups in total. The summed E-state index contributed by atoms with van der Waals surface area (Å²) in [4.78, 5) is 29.1. The molecule has 1 amide bonds. The number of aliphatic hydroxyl groups is 3. The van der Waals surface area contributed by atoms with Gasteiger partial charge < -0.3 is 40.3 Å². The van der Waals surface area contributed by atoms with Crippen LogP contribution in [0.5, 0.6) is 0 Å². The Kier molecular flexibility index (Phi) is 5.45. The van der Waals surface area contributed by atoms with Crippen LogP contribution in [0.2, 0.25) is 0 Å². The second kappa shape index (κ2) is 7.03. The molecule has 1 saturated heterocycles. The van der Waals surface area contributed by atoms with Crippen molar-refractivity contribution in [2.75, 3.05) is 10.6 Å². The Morgan fingerprint density at radius 1 is 1.04 bits per heavy atom. The summed E-state index contributed by atoms with van der Waals surface area (Å²) in [5.74, 6) is -2.05. The van der Waals surface area contributed by atoms with Crippen molar-refractivity contribution in [3.63, 3.8) is 0 Å². The van der Waals surface area contributed by atoms with Crippen LogP contribution in [-0.2, 0) is 9.30 Å². The van der Waals surface area contributed by atoms with Gasteiger partial charge in [-0.2, -0.15) is 0 Å². The molecule has 1 fully saturated rings. The van der Waals surface area contributed by atoms with E-state index in [9.17, 15) is 34.5 Å². The molecule has 1 aliphatic heterocycles. The Morgan fingerprint density at radius 2 is 1.62 bits per heavy atom. The van der Waals surface area contributed by atoms with Crippen LogP contribution in [-0.4, -0.2) is 66.7 Å². The molecule has 24 heavy (non-hydrogen) atoms. The van der Waals surface area contributed by atoms with Crippen molar-refractivity contribution in [2.45, 2.75) is 30.4 Å². The third kappa shape index (κ3) is 4.02. The van der Waals surface area contributed by atoms with Crippen LogP contribution >= 0.6 is 7.60 Å². The monoisotopic (exact) mass is 364 g/mol. The fraction of sp³-hybridized carbons (Fsp3) is 0.417. The lowest BCUT2D eigenvalue weighted by molar-refractivity contribution is -0.196. The summed E-state index contributed by atoms with van der Waals surface area (Å²) in [6.07, 6.45) is -8.45. The van der Waals surface area contributed by atoms with E-state index in [4.69, 9.17) is 9.84 Å². The highest BCUT2D eigenvalue weighted by Gasteiger charge is 2.50.